The Kier molecular flexibility index (Phi) is 4.33. The minimum Gasteiger partial charge on any atom is -0.350 e. The zero-order valence-electron chi connectivity index (χ0n) is 11.3. The molecule has 1 atom stereocenters. The Morgan fingerprint density at radius 3 is 2.47 bits per heavy atom. The fourth-order valence-corrected chi connectivity index (χ4v) is 2.41. The van der Waals surface area contributed by atoms with Gasteiger partial charge in [-0.25, -0.2) is 0 Å². The van der Waals surface area contributed by atoms with E-state index in [1.165, 1.54) is 15.3 Å². The maximum absolute atomic E-state index is 11.8. The van der Waals surface area contributed by atoms with Gasteiger partial charge in [0.15, 0.2) is 0 Å². The highest BCUT2D eigenvalue weighted by Gasteiger charge is 2.27. The van der Waals surface area contributed by atoms with Crippen LogP contribution >= 0.6 is 11.3 Å². The third-order valence-corrected chi connectivity index (χ3v) is 4.02. The van der Waals surface area contributed by atoms with Crippen LogP contribution in [0.5, 0.6) is 0 Å². The van der Waals surface area contributed by atoms with Crippen molar-refractivity contribution in [3.8, 4) is 0 Å². The van der Waals surface area contributed by atoms with Gasteiger partial charge in [-0.2, -0.15) is 0 Å². The summed E-state index contributed by atoms with van der Waals surface area (Å²) in [5.74, 6) is -0.0822. The number of aryl methyl sites for hydroxylation is 2. The highest BCUT2D eigenvalue weighted by atomic mass is 32.1. The number of hydrogen-bond donors (Lipinski definition) is 2. The number of hydrogen-bond acceptors (Lipinski definition) is 3. The number of carbonyl (C=O) groups excluding carboxylic acids is 1. The van der Waals surface area contributed by atoms with E-state index in [2.05, 4.69) is 25.2 Å². The normalized spacial score (nSPS) is 13.5. The minimum atomic E-state index is -0.468. The molecule has 96 valence electrons. The van der Waals surface area contributed by atoms with Crippen LogP contribution in [0.2, 0.25) is 0 Å². The summed E-state index contributed by atoms with van der Waals surface area (Å²) in [7, 11) is 0. The maximum atomic E-state index is 11.8. The van der Waals surface area contributed by atoms with Crippen molar-refractivity contribution in [3.05, 3.63) is 21.4 Å². The minimum absolute atomic E-state index is 0.0822. The van der Waals surface area contributed by atoms with Gasteiger partial charge in [-0.3, -0.25) is 4.79 Å². The van der Waals surface area contributed by atoms with Crippen LogP contribution in [-0.2, 0) is 11.3 Å². The van der Waals surface area contributed by atoms with Gasteiger partial charge in [0.2, 0.25) is 5.91 Å². The third-order valence-electron chi connectivity index (χ3n) is 2.87. The average Bonchev–Trinajstić information content (AvgIpc) is 2.52. The highest BCUT2D eigenvalue weighted by Crippen LogP contribution is 2.21. The molecule has 0 saturated carbocycles. The smallest absolute Gasteiger partial charge is 0.237 e. The Bertz CT molecular complexity index is 385. The summed E-state index contributed by atoms with van der Waals surface area (Å²) in [4.78, 5) is 14.3. The summed E-state index contributed by atoms with van der Waals surface area (Å²) in [5, 5.41) is 2.89. The van der Waals surface area contributed by atoms with Gasteiger partial charge < -0.3 is 11.1 Å². The number of rotatable bonds is 3. The fraction of sp³-hybridized carbons (Fsp3) is 0.615. The van der Waals surface area contributed by atoms with Crippen molar-refractivity contribution in [2.75, 3.05) is 0 Å². The fourth-order valence-electron chi connectivity index (χ4n) is 1.41. The second-order valence-electron chi connectivity index (χ2n) is 5.51. The number of thiophene rings is 1. The van der Waals surface area contributed by atoms with Crippen molar-refractivity contribution in [2.45, 2.75) is 47.2 Å². The lowest BCUT2D eigenvalue weighted by molar-refractivity contribution is -0.124. The Morgan fingerprint density at radius 2 is 2.06 bits per heavy atom. The number of nitrogens with one attached hydrogen (secondary N) is 1. The van der Waals surface area contributed by atoms with E-state index < -0.39 is 6.04 Å². The molecule has 1 aromatic rings. The molecular weight excluding hydrogens is 232 g/mol. The molecule has 0 bridgehead atoms. The zero-order valence-corrected chi connectivity index (χ0v) is 12.1. The lowest BCUT2D eigenvalue weighted by Crippen LogP contribution is -2.48. The number of amides is 1. The van der Waals surface area contributed by atoms with E-state index in [-0.39, 0.29) is 11.3 Å². The van der Waals surface area contributed by atoms with Crippen LogP contribution in [0.4, 0.5) is 0 Å². The molecule has 0 unspecified atom stereocenters. The van der Waals surface area contributed by atoms with Gasteiger partial charge in [-0.05, 0) is 30.9 Å². The van der Waals surface area contributed by atoms with Crippen molar-refractivity contribution in [2.24, 2.45) is 11.1 Å². The van der Waals surface area contributed by atoms with Gasteiger partial charge in [0.05, 0.1) is 12.6 Å². The van der Waals surface area contributed by atoms with E-state index in [0.717, 1.165) is 0 Å². The van der Waals surface area contributed by atoms with E-state index in [4.69, 9.17) is 5.73 Å². The second-order valence-corrected chi connectivity index (χ2v) is 6.85. The van der Waals surface area contributed by atoms with E-state index in [0.29, 0.717) is 6.54 Å². The standard InChI is InChI=1S/C13H22N2OS/c1-8-6-10(17-9(8)2)7-15-12(16)11(14)13(3,4)5/h6,11H,7,14H2,1-5H3,(H,15,16)/t11-/m1/s1. The predicted octanol–water partition coefficient (Wildman–Crippen LogP) is 2.35. The number of nitrogens with two attached hydrogens (primary N) is 1. The lowest BCUT2D eigenvalue weighted by Gasteiger charge is -2.25. The molecule has 4 heteroatoms. The summed E-state index contributed by atoms with van der Waals surface area (Å²) >= 11 is 1.72. The molecule has 3 nitrogen and oxygen atoms in total. The van der Waals surface area contributed by atoms with Crippen LogP contribution in [0.25, 0.3) is 0 Å². The van der Waals surface area contributed by atoms with Crippen molar-refractivity contribution >= 4 is 17.2 Å². The average molecular weight is 254 g/mol. The van der Waals surface area contributed by atoms with Crippen LogP contribution in [0.15, 0.2) is 6.07 Å². The molecule has 0 fully saturated rings. The quantitative estimate of drug-likeness (QED) is 0.870. The van der Waals surface area contributed by atoms with E-state index in [9.17, 15) is 4.79 Å². The Hall–Kier alpha value is -0.870. The number of carbonyl (C=O) groups is 1. The molecule has 1 amide bonds. The zero-order chi connectivity index (χ0) is 13.2. The molecule has 1 heterocycles. The Balaban J connectivity index is 2.54. The van der Waals surface area contributed by atoms with E-state index in [1.54, 1.807) is 11.3 Å². The Labute approximate surface area is 107 Å². The molecule has 0 aliphatic rings. The molecule has 3 N–H and O–H groups in total. The molecule has 0 spiro atoms. The molecule has 1 aromatic heterocycles. The summed E-state index contributed by atoms with van der Waals surface area (Å²) < 4.78 is 0. The SMILES string of the molecule is Cc1cc(CNC(=O)[C@@H](N)C(C)(C)C)sc1C. The van der Waals surface area contributed by atoms with Crippen LogP contribution in [0, 0.1) is 19.3 Å². The summed E-state index contributed by atoms with van der Waals surface area (Å²) in [6.07, 6.45) is 0. The maximum Gasteiger partial charge on any atom is 0.237 e. The van der Waals surface area contributed by atoms with Gasteiger partial charge >= 0.3 is 0 Å². The summed E-state index contributed by atoms with van der Waals surface area (Å²) in [6.45, 7) is 10.6. The summed E-state index contributed by atoms with van der Waals surface area (Å²) in [6, 6.07) is 1.65. The first-order valence-electron chi connectivity index (χ1n) is 5.81. The molecule has 17 heavy (non-hydrogen) atoms. The molecule has 0 radical (unpaired) electrons. The predicted molar refractivity (Wildman–Crippen MR) is 73.1 cm³/mol. The van der Waals surface area contributed by atoms with Gasteiger partial charge in [-0.1, -0.05) is 20.8 Å². The topological polar surface area (TPSA) is 55.1 Å². The van der Waals surface area contributed by atoms with Crippen LogP contribution in [-0.4, -0.2) is 11.9 Å². The van der Waals surface area contributed by atoms with Crippen LogP contribution in [0.3, 0.4) is 0 Å². The van der Waals surface area contributed by atoms with Crippen LogP contribution < -0.4 is 11.1 Å². The van der Waals surface area contributed by atoms with E-state index >= 15 is 0 Å². The van der Waals surface area contributed by atoms with Crippen molar-refractivity contribution < 1.29 is 4.79 Å². The first-order valence-corrected chi connectivity index (χ1v) is 6.62. The molecule has 0 aliphatic carbocycles. The van der Waals surface area contributed by atoms with Crippen LogP contribution in [0.1, 0.15) is 36.1 Å². The van der Waals surface area contributed by atoms with Crippen molar-refractivity contribution in [1.29, 1.82) is 0 Å². The largest absolute Gasteiger partial charge is 0.350 e. The van der Waals surface area contributed by atoms with Gasteiger partial charge in [-0.15, -0.1) is 11.3 Å². The molecule has 0 aliphatic heterocycles. The highest BCUT2D eigenvalue weighted by molar-refractivity contribution is 7.12. The second kappa shape index (κ2) is 5.19. The van der Waals surface area contributed by atoms with Gasteiger partial charge in [0.1, 0.15) is 0 Å². The van der Waals surface area contributed by atoms with Crippen molar-refractivity contribution in [1.82, 2.24) is 5.32 Å². The monoisotopic (exact) mass is 254 g/mol. The molecule has 0 aromatic carbocycles. The Morgan fingerprint density at radius 1 is 1.47 bits per heavy atom. The molecule has 0 saturated heterocycles. The van der Waals surface area contributed by atoms with Crippen molar-refractivity contribution in [3.63, 3.8) is 0 Å². The van der Waals surface area contributed by atoms with Gasteiger partial charge in [0, 0.05) is 9.75 Å². The molecule has 1 rings (SSSR count). The molecular formula is C13H22N2OS. The van der Waals surface area contributed by atoms with E-state index in [1.807, 2.05) is 20.8 Å². The first-order chi connectivity index (χ1) is 7.71. The third kappa shape index (κ3) is 3.82. The summed E-state index contributed by atoms with van der Waals surface area (Å²) in [5.41, 5.74) is 6.96. The lowest BCUT2D eigenvalue weighted by atomic mass is 9.87. The first kappa shape index (κ1) is 14.2. The van der Waals surface area contributed by atoms with Gasteiger partial charge in [0.25, 0.3) is 0 Å².